The molecule has 2 N–H and O–H groups in total. The Morgan fingerprint density at radius 1 is 1.44 bits per heavy atom. The van der Waals surface area contributed by atoms with Crippen molar-refractivity contribution < 1.29 is 4.74 Å². The number of likely N-dealkylation sites (tertiary alicyclic amines) is 1. The molecule has 1 saturated heterocycles. The number of nitrogens with two attached hydrogens (primary N) is 1. The number of rotatable bonds is 6. The molecule has 18 heavy (non-hydrogen) atoms. The molecule has 0 aliphatic carbocycles. The van der Waals surface area contributed by atoms with E-state index in [0.29, 0.717) is 6.10 Å². The molecule has 1 atom stereocenters. The fourth-order valence-electron chi connectivity index (χ4n) is 2.22. The number of hydrogen-bond acceptors (Lipinski definition) is 2. The Bertz CT molecular complexity index is 253. The second-order valence-corrected chi connectivity index (χ2v) is 5.56. The Morgan fingerprint density at radius 3 is 2.89 bits per heavy atom. The Balaban J connectivity index is 2.13. The Kier molecular flexibility index (Phi) is 7.09. The van der Waals surface area contributed by atoms with Gasteiger partial charge in [0.2, 0.25) is 0 Å². The second-order valence-electron chi connectivity index (χ2n) is 5.56. The molecule has 0 unspecified atom stereocenters. The molecule has 0 aromatic heterocycles. The molecule has 0 saturated carbocycles. The van der Waals surface area contributed by atoms with E-state index in [1.165, 1.54) is 12.8 Å². The fraction of sp³-hybridized carbons (Fsp3) is 0.929. The van der Waals surface area contributed by atoms with E-state index in [0.717, 1.165) is 51.0 Å². The summed E-state index contributed by atoms with van der Waals surface area (Å²) in [6.07, 6.45) is 4.99. The number of guanidine groups is 1. The highest BCUT2D eigenvalue weighted by Gasteiger charge is 2.17. The monoisotopic (exact) mass is 255 g/mol. The molecule has 1 aliphatic heterocycles. The van der Waals surface area contributed by atoms with Gasteiger partial charge in [-0.2, -0.15) is 0 Å². The molecule has 0 aromatic rings. The molecule has 0 radical (unpaired) electrons. The molecule has 106 valence electrons. The third kappa shape index (κ3) is 6.24. The van der Waals surface area contributed by atoms with E-state index in [1.807, 2.05) is 0 Å². The van der Waals surface area contributed by atoms with Gasteiger partial charge in [-0.15, -0.1) is 0 Å². The van der Waals surface area contributed by atoms with Crippen molar-refractivity contribution in [2.45, 2.75) is 52.6 Å². The Morgan fingerprint density at radius 2 is 2.22 bits per heavy atom. The quantitative estimate of drug-likeness (QED) is 0.450. The smallest absolute Gasteiger partial charge is 0.191 e. The van der Waals surface area contributed by atoms with Crippen LogP contribution in [0.1, 0.15) is 46.5 Å². The van der Waals surface area contributed by atoms with Crippen LogP contribution >= 0.6 is 0 Å². The van der Waals surface area contributed by atoms with E-state index >= 15 is 0 Å². The zero-order chi connectivity index (χ0) is 13.4. The average molecular weight is 255 g/mol. The van der Waals surface area contributed by atoms with Gasteiger partial charge in [0.25, 0.3) is 0 Å². The van der Waals surface area contributed by atoms with Gasteiger partial charge in [0.1, 0.15) is 0 Å². The lowest BCUT2D eigenvalue weighted by Gasteiger charge is -2.31. The lowest BCUT2D eigenvalue weighted by molar-refractivity contribution is 0.0763. The molecule has 4 heteroatoms. The van der Waals surface area contributed by atoms with Gasteiger partial charge < -0.3 is 15.4 Å². The summed E-state index contributed by atoms with van der Waals surface area (Å²) < 4.78 is 5.49. The van der Waals surface area contributed by atoms with E-state index in [2.05, 4.69) is 30.7 Å². The van der Waals surface area contributed by atoms with Crippen molar-refractivity contribution in [1.29, 1.82) is 0 Å². The number of ether oxygens (including phenoxy) is 1. The molecule has 1 aliphatic rings. The minimum absolute atomic E-state index is 0.327. The lowest BCUT2D eigenvalue weighted by Crippen LogP contribution is -2.43. The van der Waals surface area contributed by atoms with Crippen LogP contribution in [0.2, 0.25) is 0 Å². The number of hydrogen-bond donors (Lipinski definition) is 1. The van der Waals surface area contributed by atoms with Gasteiger partial charge in [-0.1, -0.05) is 6.92 Å². The average Bonchev–Trinajstić information content (AvgIpc) is 2.33. The number of piperidine rings is 1. The standard InChI is InChI=1S/C14H29N3O/c1-12(2)18-10-5-4-8-16-14(15)17-9-6-7-13(3)11-17/h12-13H,4-11H2,1-3H3,(H2,15,16)/t13-/m1/s1. The van der Waals surface area contributed by atoms with E-state index in [4.69, 9.17) is 10.5 Å². The summed E-state index contributed by atoms with van der Waals surface area (Å²) in [7, 11) is 0. The Hall–Kier alpha value is -0.770. The summed E-state index contributed by atoms with van der Waals surface area (Å²) in [5.74, 6) is 1.47. The van der Waals surface area contributed by atoms with Crippen molar-refractivity contribution in [3.63, 3.8) is 0 Å². The normalized spacial score (nSPS) is 21.7. The van der Waals surface area contributed by atoms with Gasteiger partial charge in [-0.25, -0.2) is 0 Å². The largest absolute Gasteiger partial charge is 0.379 e. The van der Waals surface area contributed by atoms with Crippen LogP contribution in [0.4, 0.5) is 0 Å². The lowest BCUT2D eigenvalue weighted by atomic mass is 10.0. The summed E-state index contributed by atoms with van der Waals surface area (Å²) in [5, 5.41) is 0. The molecule has 1 rings (SSSR count). The van der Waals surface area contributed by atoms with E-state index < -0.39 is 0 Å². The van der Waals surface area contributed by atoms with E-state index in [9.17, 15) is 0 Å². The highest BCUT2D eigenvalue weighted by Crippen LogP contribution is 2.14. The van der Waals surface area contributed by atoms with Crippen LogP contribution in [0.3, 0.4) is 0 Å². The van der Waals surface area contributed by atoms with Gasteiger partial charge in [0.15, 0.2) is 5.96 Å². The van der Waals surface area contributed by atoms with Gasteiger partial charge in [-0.05, 0) is 45.4 Å². The first-order chi connectivity index (χ1) is 8.59. The summed E-state index contributed by atoms with van der Waals surface area (Å²) in [5.41, 5.74) is 6.02. The molecular weight excluding hydrogens is 226 g/mol. The predicted molar refractivity (Wildman–Crippen MR) is 76.8 cm³/mol. The number of aliphatic imine (C=N–C) groups is 1. The molecule has 1 heterocycles. The first kappa shape index (κ1) is 15.3. The van der Waals surface area contributed by atoms with Crippen molar-refractivity contribution >= 4 is 5.96 Å². The third-order valence-corrected chi connectivity index (χ3v) is 3.26. The first-order valence-electron chi connectivity index (χ1n) is 7.26. The van der Waals surface area contributed by atoms with Crippen LogP contribution in [0.15, 0.2) is 4.99 Å². The van der Waals surface area contributed by atoms with Crippen LogP contribution < -0.4 is 5.73 Å². The topological polar surface area (TPSA) is 50.9 Å². The number of nitrogens with zero attached hydrogens (tertiary/aromatic N) is 2. The first-order valence-corrected chi connectivity index (χ1v) is 7.26. The Labute approximate surface area is 112 Å². The molecule has 4 nitrogen and oxygen atoms in total. The van der Waals surface area contributed by atoms with Crippen LogP contribution in [0.25, 0.3) is 0 Å². The van der Waals surface area contributed by atoms with Crippen molar-refractivity contribution in [3.8, 4) is 0 Å². The van der Waals surface area contributed by atoms with E-state index in [-0.39, 0.29) is 0 Å². The van der Waals surface area contributed by atoms with Gasteiger partial charge in [0, 0.05) is 26.2 Å². The number of unbranched alkanes of at least 4 members (excludes halogenated alkanes) is 1. The molecule has 1 fully saturated rings. The maximum Gasteiger partial charge on any atom is 0.191 e. The van der Waals surface area contributed by atoms with Gasteiger partial charge >= 0.3 is 0 Å². The third-order valence-electron chi connectivity index (χ3n) is 3.26. The minimum atomic E-state index is 0.327. The summed E-state index contributed by atoms with van der Waals surface area (Å²) in [4.78, 5) is 6.68. The van der Waals surface area contributed by atoms with Crippen LogP contribution in [-0.4, -0.2) is 43.2 Å². The maximum atomic E-state index is 6.02. The van der Waals surface area contributed by atoms with Crippen molar-refractivity contribution in [3.05, 3.63) is 0 Å². The maximum absolute atomic E-state index is 6.02. The molecular formula is C14H29N3O. The highest BCUT2D eigenvalue weighted by molar-refractivity contribution is 5.78. The molecule has 0 amide bonds. The molecule has 0 bridgehead atoms. The van der Waals surface area contributed by atoms with Crippen molar-refractivity contribution in [2.75, 3.05) is 26.2 Å². The van der Waals surface area contributed by atoms with E-state index in [1.54, 1.807) is 0 Å². The minimum Gasteiger partial charge on any atom is -0.379 e. The van der Waals surface area contributed by atoms with Crippen LogP contribution in [0.5, 0.6) is 0 Å². The van der Waals surface area contributed by atoms with Gasteiger partial charge in [-0.3, -0.25) is 4.99 Å². The SMILES string of the molecule is CC(C)OCCCCN=C(N)N1CCC[C@@H](C)C1. The fourth-order valence-corrected chi connectivity index (χ4v) is 2.22. The summed E-state index contributed by atoms with van der Waals surface area (Å²) in [6.45, 7) is 10.2. The zero-order valence-electron chi connectivity index (χ0n) is 12.2. The van der Waals surface area contributed by atoms with Crippen molar-refractivity contribution in [1.82, 2.24) is 4.90 Å². The van der Waals surface area contributed by atoms with Crippen LogP contribution in [-0.2, 0) is 4.74 Å². The second kappa shape index (κ2) is 8.35. The zero-order valence-corrected chi connectivity index (χ0v) is 12.2. The predicted octanol–water partition coefficient (Wildman–Crippen LogP) is 2.24. The molecule has 0 spiro atoms. The highest BCUT2D eigenvalue weighted by atomic mass is 16.5. The summed E-state index contributed by atoms with van der Waals surface area (Å²) >= 11 is 0. The molecule has 0 aromatic carbocycles. The van der Waals surface area contributed by atoms with Crippen molar-refractivity contribution in [2.24, 2.45) is 16.6 Å². The van der Waals surface area contributed by atoms with Crippen LogP contribution in [0, 0.1) is 5.92 Å². The summed E-state index contributed by atoms with van der Waals surface area (Å²) in [6, 6.07) is 0. The van der Waals surface area contributed by atoms with Gasteiger partial charge in [0.05, 0.1) is 6.10 Å².